The van der Waals surface area contributed by atoms with Gasteiger partial charge in [0.2, 0.25) is 5.82 Å². The van der Waals surface area contributed by atoms with Crippen LogP contribution in [-0.4, -0.2) is 30.2 Å². The summed E-state index contributed by atoms with van der Waals surface area (Å²) in [6.45, 7) is 2.13. The molecule has 0 amide bonds. The molecule has 1 aromatic carbocycles. The molecule has 2 aromatic heterocycles. The van der Waals surface area contributed by atoms with E-state index in [1.54, 1.807) is 23.9 Å². The Morgan fingerprint density at radius 1 is 1.18 bits per heavy atom. The minimum absolute atomic E-state index is 0.298. The van der Waals surface area contributed by atoms with E-state index in [-0.39, 0.29) is 0 Å². The first-order valence-corrected chi connectivity index (χ1v) is 7.17. The molecule has 0 aliphatic carbocycles. The van der Waals surface area contributed by atoms with Crippen molar-refractivity contribution in [1.82, 2.24) is 30.2 Å². The van der Waals surface area contributed by atoms with Crippen LogP contribution >= 0.6 is 23.2 Å². The van der Waals surface area contributed by atoms with E-state index in [0.717, 1.165) is 11.3 Å². The van der Waals surface area contributed by atoms with Crippen LogP contribution in [-0.2, 0) is 13.7 Å². The fourth-order valence-electron chi connectivity index (χ4n) is 2.01. The number of hydrogen-bond donors (Lipinski definition) is 0. The lowest BCUT2D eigenvalue weighted by molar-refractivity contribution is 0.0694. The zero-order valence-corrected chi connectivity index (χ0v) is 13.4. The van der Waals surface area contributed by atoms with E-state index in [1.165, 1.54) is 4.85 Å². The van der Waals surface area contributed by atoms with Crippen molar-refractivity contribution in [2.45, 2.75) is 13.5 Å². The molecule has 3 aromatic rings. The van der Waals surface area contributed by atoms with Crippen LogP contribution in [0, 0.1) is 6.92 Å². The van der Waals surface area contributed by atoms with Gasteiger partial charge in [-0.3, -0.25) is 4.68 Å². The maximum absolute atomic E-state index is 6.23. The predicted octanol–water partition coefficient (Wildman–Crippen LogP) is 2.32. The van der Waals surface area contributed by atoms with Crippen molar-refractivity contribution in [1.29, 1.82) is 0 Å². The van der Waals surface area contributed by atoms with Gasteiger partial charge in [-0.2, -0.15) is 5.10 Å². The lowest BCUT2D eigenvalue weighted by Crippen LogP contribution is -2.14. The largest absolute Gasteiger partial charge is 0.389 e. The van der Waals surface area contributed by atoms with Crippen molar-refractivity contribution >= 4 is 23.2 Å². The van der Waals surface area contributed by atoms with Crippen LogP contribution in [0.3, 0.4) is 0 Å². The van der Waals surface area contributed by atoms with Crippen LogP contribution < -0.4 is 4.84 Å². The second kappa shape index (κ2) is 5.94. The summed E-state index contributed by atoms with van der Waals surface area (Å²) in [5.41, 5.74) is 2.31. The summed E-state index contributed by atoms with van der Waals surface area (Å²) >= 11 is 12.1. The van der Waals surface area contributed by atoms with Gasteiger partial charge in [0.25, 0.3) is 0 Å². The predicted molar refractivity (Wildman–Crippen MR) is 81.5 cm³/mol. The average molecular weight is 339 g/mol. The topological polar surface area (TPSA) is 70.7 Å². The Hall–Kier alpha value is -2.12. The third-order valence-corrected chi connectivity index (χ3v) is 3.77. The Morgan fingerprint density at radius 2 is 1.91 bits per heavy atom. The van der Waals surface area contributed by atoms with Crippen LogP contribution in [0.1, 0.15) is 11.3 Å². The van der Waals surface area contributed by atoms with Crippen LogP contribution in [0.4, 0.5) is 0 Å². The van der Waals surface area contributed by atoms with Gasteiger partial charge in [0.05, 0.1) is 11.3 Å². The first kappa shape index (κ1) is 14.8. The zero-order chi connectivity index (χ0) is 15.7. The summed E-state index contributed by atoms with van der Waals surface area (Å²) in [5, 5.41) is 16.8. The summed E-state index contributed by atoms with van der Waals surface area (Å²) in [6, 6.07) is 7.33. The Bertz CT molecular complexity index is 795. The zero-order valence-electron chi connectivity index (χ0n) is 11.9. The molecule has 114 valence electrons. The third-order valence-electron chi connectivity index (χ3n) is 3.08. The minimum atomic E-state index is 0.298. The maximum atomic E-state index is 6.23. The molecule has 9 heteroatoms. The molecule has 0 N–H and O–H groups in total. The summed E-state index contributed by atoms with van der Waals surface area (Å²) in [5.74, 6) is 0.407. The number of tetrazole rings is 1. The maximum Gasteiger partial charge on any atom is 0.227 e. The van der Waals surface area contributed by atoms with Gasteiger partial charge in [0.15, 0.2) is 0 Å². The normalized spacial score (nSPS) is 10.9. The van der Waals surface area contributed by atoms with Crippen molar-refractivity contribution in [2.75, 3.05) is 0 Å². The van der Waals surface area contributed by atoms with Gasteiger partial charge < -0.3 is 4.84 Å². The standard InChI is InChI=1S/C13H12Cl2N6O/c1-8-11(12(15)20(2)17-8)13-16-18-19-21(13)22-7-9-3-5-10(14)6-4-9/h3-6H,7H2,1-2H3. The molecule has 0 unspecified atom stereocenters. The van der Waals surface area contributed by atoms with Crippen molar-refractivity contribution < 1.29 is 4.84 Å². The van der Waals surface area contributed by atoms with Crippen LogP contribution in [0.25, 0.3) is 11.4 Å². The number of aryl methyl sites for hydroxylation is 2. The number of hydrogen-bond acceptors (Lipinski definition) is 5. The summed E-state index contributed by atoms with van der Waals surface area (Å²) < 4.78 is 1.56. The minimum Gasteiger partial charge on any atom is -0.389 e. The van der Waals surface area contributed by atoms with Gasteiger partial charge in [0.1, 0.15) is 11.8 Å². The quantitative estimate of drug-likeness (QED) is 0.730. The highest BCUT2D eigenvalue weighted by Crippen LogP contribution is 2.28. The van der Waals surface area contributed by atoms with E-state index < -0.39 is 0 Å². The molecule has 0 fully saturated rings. The Morgan fingerprint density at radius 3 is 2.55 bits per heavy atom. The monoisotopic (exact) mass is 338 g/mol. The fraction of sp³-hybridized carbons (Fsp3) is 0.231. The average Bonchev–Trinajstić information content (AvgIpc) is 3.03. The van der Waals surface area contributed by atoms with E-state index in [9.17, 15) is 0 Å². The van der Waals surface area contributed by atoms with Crippen molar-refractivity contribution in [3.63, 3.8) is 0 Å². The second-order valence-electron chi connectivity index (χ2n) is 4.65. The van der Waals surface area contributed by atoms with E-state index in [2.05, 4.69) is 20.6 Å². The highest BCUT2D eigenvalue weighted by atomic mass is 35.5. The van der Waals surface area contributed by atoms with Crippen LogP contribution in [0.2, 0.25) is 10.2 Å². The van der Waals surface area contributed by atoms with Gasteiger partial charge in [-0.1, -0.05) is 40.2 Å². The van der Waals surface area contributed by atoms with Crippen molar-refractivity contribution in [3.05, 3.63) is 45.7 Å². The van der Waals surface area contributed by atoms with E-state index in [4.69, 9.17) is 28.0 Å². The number of benzene rings is 1. The first-order chi connectivity index (χ1) is 10.6. The lowest BCUT2D eigenvalue weighted by Gasteiger charge is -2.06. The van der Waals surface area contributed by atoms with E-state index in [0.29, 0.717) is 28.2 Å². The molecular formula is C13H12Cl2N6O. The molecule has 0 radical (unpaired) electrons. The van der Waals surface area contributed by atoms with Gasteiger partial charge in [-0.05, 0) is 35.0 Å². The second-order valence-corrected chi connectivity index (χ2v) is 5.44. The van der Waals surface area contributed by atoms with Gasteiger partial charge in [-0.25, -0.2) is 0 Å². The van der Waals surface area contributed by atoms with Crippen LogP contribution in [0.15, 0.2) is 24.3 Å². The molecular weight excluding hydrogens is 327 g/mol. The molecule has 0 saturated heterocycles. The highest BCUT2D eigenvalue weighted by molar-refractivity contribution is 6.32. The van der Waals surface area contributed by atoms with Gasteiger partial charge in [0, 0.05) is 12.1 Å². The number of aromatic nitrogens is 6. The fourth-order valence-corrected chi connectivity index (χ4v) is 2.40. The molecule has 0 aliphatic heterocycles. The summed E-state index contributed by atoms with van der Waals surface area (Å²) in [4.78, 5) is 6.86. The molecule has 0 bridgehead atoms. The summed E-state index contributed by atoms with van der Waals surface area (Å²) in [6.07, 6.45) is 0. The molecule has 0 saturated carbocycles. The molecule has 22 heavy (non-hydrogen) atoms. The molecule has 0 aliphatic rings. The molecule has 7 nitrogen and oxygen atoms in total. The Labute approximate surface area is 136 Å². The SMILES string of the molecule is Cc1nn(C)c(Cl)c1-c1nnnn1OCc1ccc(Cl)cc1. The van der Waals surface area contributed by atoms with Gasteiger partial charge in [-0.15, -0.1) is 5.10 Å². The molecule has 2 heterocycles. The smallest absolute Gasteiger partial charge is 0.227 e. The van der Waals surface area contributed by atoms with E-state index >= 15 is 0 Å². The lowest BCUT2D eigenvalue weighted by atomic mass is 10.2. The third kappa shape index (κ3) is 2.77. The molecule has 0 atom stereocenters. The van der Waals surface area contributed by atoms with Crippen molar-refractivity contribution in [2.24, 2.45) is 7.05 Å². The van der Waals surface area contributed by atoms with E-state index in [1.807, 2.05) is 19.1 Å². The Balaban J connectivity index is 1.85. The summed E-state index contributed by atoms with van der Waals surface area (Å²) in [7, 11) is 1.75. The highest BCUT2D eigenvalue weighted by Gasteiger charge is 2.20. The first-order valence-electron chi connectivity index (χ1n) is 6.42. The number of rotatable bonds is 4. The van der Waals surface area contributed by atoms with Gasteiger partial charge >= 0.3 is 0 Å². The number of halogens is 2. The van der Waals surface area contributed by atoms with Crippen LogP contribution in [0.5, 0.6) is 0 Å². The molecule has 3 rings (SSSR count). The van der Waals surface area contributed by atoms with Crippen molar-refractivity contribution in [3.8, 4) is 11.4 Å². The number of nitrogens with zero attached hydrogens (tertiary/aromatic N) is 6. The Kier molecular flexibility index (Phi) is 4.00. The molecule has 0 spiro atoms.